The number of aryl methyl sites for hydroxylation is 1. The van der Waals surface area contributed by atoms with Crippen LogP contribution >= 0.6 is 0 Å². The van der Waals surface area contributed by atoms with Crippen LogP contribution in [0.5, 0.6) is 5.75 Å². The van der Waals surface area contributed by atoms with Gasteiger partial charge in [0.05, 0.1) is 7.11 Å². The van der Waals surface area contributed by atoms with Gasteiger partial charge in [0.25, 0.3) is 0 Å². The lowest BCUT2D eigenvalue weighted by Crippen LogP contribution is -2.46. The zero-order chi connectivity index (χ0) is 17.7. The van der Waals surface area contributed by atoms with E-state index in [1.807, 2.05) is 0 Å². The quantitative estimate of drug-likeness (QED) is 0.589. The fourth-order valence-electron chi connectivity index (χ4n) is 7.02. The van der Waals surface area contributed by atoms with Gasteiger partial charge >= 0.3 is 0 Å². The number of rotatable bonds is 4. The molecular formula is C24H36O. The van der Waals surface area contributed by atoms with E-state index in [0.717, 1.165) is 23.5 Å². The van der Waals surface area contributed by atoms with Crippen LogP contribution in [0.25, 0.3) is 0 Å². The molecule has 25 heavy (non-hydrogen) atoms. The number of benzene rings is 1. The minimum atomic E-state index is 0.577. The Morgan fingerprint density at radius 2 is 1.96 bits per heavy atom. The molecule has 3 aliphatic carbocycles. The van der Waals surface area contributed by atoms with E-state index in [1.54, 1.807) is 18.2 Å². The van der Waals surface area contributed by atoms with Crippen molar-refractivity contribution in [1.82, 2.24) is 0 Å². The Morgan fingerprint density at radius 1 is 1.12 bits per heavy atom. The molecule has 1 heteroatoms. The lowest BCUT2D eigenvalue weighted by Gasteiger charge is -2.54. The molecule has 138 valence electrons. The molecule has 2 saturated carbocycles. The van der Waals surface area contributed by atoms with Crippen molar-refractivity contribution in [2.24, 2.45) is 22.7 Å². The van der Waals surface area contributed by atoms with Gasteiger partial charge in [-0.15, -0.1) is 0 Å². The van der Waals surface area contributed by atoms with Gasteiger partial charge in [-0.2, -0.15) is 0 Å². The van der Waals surface area contributed by atoms with E-state index in [2.05, 4.69) is 39.0 Å². The third-order valence-electron chi connectivity index (χ3n) is 8.79. The van der Waals surface area contributed by atoms with Crippen LogP contribution in [0.15, 0.2) is 18.2 Å². The van der Waals surface area contributed by atoms with Gasteiger partial charge in [0, 0.05) is 0 Å². The highest BCUT2D eigenvalue weighted by atomic mass is 16.5. The first kappa shape index (κ1) is 17.4. The lowest BCUT2D eigenvalue weighted by molar-refractivity contribution is -0.0230. The zero-order valence-electron chi connectivity index (χ0n) is 16.7. The zero-order valence-corrected chi connectivity index (χ0v) is 16.7. The van der Waals surface area contributed by atoms with Crippen LogP contribution in [0, 0.1) is 22.7 Å². The largest absolute Gasteiger partial charge is 0.497 e. The van der Waals surface area contributed by atoms with Gasteiger partial charge < -0.3 is 4.74 Å². The molecule has 0 aliphatic heterocycles. The van der Waals surface area contributed by atoms with Gasteiger partial charge in [0.2, 0.25) is 0 Å². The molecule has 1 nitrogen and oxygen atoms in total. The van der Waals surface area contributed by atoms with E-state index in [4.69, 9.17) is 4.74 Å². The van der Waals surface area contributed by atoms with Crippen LogP contribution in [-0.2, 0) is 6.42 Å². The Morgan fingerprint density at radius 3 is 2.72 bits per heavy atom. The molecule has 0 amide bonds. The summed E-state index contributed by atoms with van der Waals surface area (Å²) in [6.45, 7) is 7.64. The first-order chi connectivity index (χ1) is 12.0. The van der Waals surface area contributed by atoms with Gasteiger partial charge in [-0.05, 0) is 96.8 Å². The maximum atomic E-state index is 5.47. The fourth-order valence-corrected chi connectivity index (χ4v) is 7.02. The van der Waals surface area contributed by atoms with Gasteiger partial charge in [-0.1, -0.05) is 39.7 Å². The topological polar surface area (TPSA) is 9.23 Å². The third kappa shape index (κ3) is 2.56. The highest BCUT2D eigenvalue weighted by molar-refractivity contribution is 5.40. The maximum Gasteiger partial charge on any atom is 0.119 e. The maximum absolute atomic E-state index is 5.47. The monoisotopic (exact) mass is 340 g/mol. The average molecular weight is 341 g/mol. The third-order valence-corrected chi connectivity index (χ3v) is 8.79. The Hall–Kier alpha value is -0.980. The number of hydrogen-bond acceptors (Lipinski definition) is 1. The summed E-state index contributed by atoms with van der Waals surface area (Å²) >= 11 is 0. The van der Waals surface area contributed by atoms with Crippen LogP contribution in [0.4, 0.5) is 0 Å². The van der Waals surface area contributed by atoms with Crippen molar-refractivity contribution in [1.29, 1.82) is 0 Å². The summed E-state index contributed by atoms with van der Waals surface area (Å²) in [5.41, 5.74) is 4.38. The van der Waals surface area contributed by atoms with E-state index in [-0.39, 0.29) is 0 Å². The number of fused-ring (bicyclic) bond motifs is 5. The summed E-state index contributed by atoms with van der Waals surface area (Å²) in [6, 6.07) is 6.88. The molecule has 0 spiro atoms. The van der Waals surface area contributed by atoms with E-state index in [1.165, 1.54) is 57.8 Å². The second-order valence-corrected chi connectivity index (χ2v) is 9.64. The van der Waals surface area contributed by atoms with Crippen molar-refractivity contribution in [3.8, 4) is 5.75 Å². The molecule has 1 aromatic rings. The van der Waals surface area contributed by atoms with Gasteiger partial charge in [-0.3, -0.25) is 0 Å². The smallest absolute Gasteiger partial charge is 0.119 e. The second kappa shape index (κ2) is 6.32. The van der Waals surface area contributed by atoms with E-state index >= 15 is 0 Å². The van der Waals surface area contributed by atoms with E-state index in [0.29, 0.717) is 10.8 Å². The van der Waals surface area contributed by atoms with Crippen molar-refractivity contribution in [2.45, 2.75) is 84.5 Å². The number of ether oxygens (including phenoxy) is 1. The normalized spacial score (nSPS) is 39.4. The summed E-state index contributed by atoms with van der Waals surface area (Å²) in [5.74, 6) is 3.71. The predicted octanol–water partition coefficient (Wildman–Crippen LogP) is 6.75. The van der Waals surface area contributed by atoms with Crippen molar-refractivity contribution >= 4 is 0 Å². The first-order valence-corrected chi connectivity index (χ1v) is 10.7. The Balaban J connectivity index is 1.62. The molecule has 3 aliphatic rings. The standard InChI is InChI=1S/C24H36O/c1-5-6-13-23(2)14-12-22-21-9-7-17-16-18(25-4)8-10-19(17)20(21)11-15-24(22,23)3/h8,10,16,20-22H,5-7,9,11-15H2,1-4H3/t20-,21-,22+,23+,24+/m1/s1. The molecule has 2 fully saturated rings. The number of methoxy groups -OCH3 is 1. The highest BCUT2D eigenvalue weighted by Gasteiger charge is 2.59. The molecule has 4 rings (SSSR count). The van der Waals surface area contributed by atoms with Crippen LogP contribution in [-0.4, -0.2) is 7.11 Å². The Bertz CT molecular complexity index is 635. The van der Waals surface area contributed by atoms with Gasteiger partial charge in [-0.25, -0.2) is 0 Å². The SMILES string of the molecule is CCCC[C@@]1(C)CC[C@H]2[C@@H]3CCc4cc(OC)ccc4[C@H]3CC[C@@]21C. The summed E-state index contributed by atoms with van der Waals surface area (Å²) in [7, 11) is 1.79. The van der Waals surface area contributed by atoms with Crippen LogP contribution in [0.3, 0.4) is 0 Å². The molecule has 0 heterocycles. The van der Waals surface area contributed by atoms with Gasteiger partial charge in [0.1, 0.15) is 5.75 Å². The summed E-state index contributed by atoms with van der Waals surface area (Å²) in [5, 5.41) is 0. The predicted molar refractivity (Wildman–Crippen MR) is 105 cm³/mol. The van der Waals surface area contributed by atoms with Crippen molar-refractivity contribution in [2.75, 3.05) is 7.11 Å². The molecule has 1 aromatic carbocycles. The minimum absolute atomic E-state index is 0.577. The fraction of sp³-hybridized carbons (Fsp3) is 0.750. The molecular weight excluding hydrogens is 304 g/mol. The van der Waals surface area contributed by atoms with Crippen LogP contribution < -0.4 is 4.74 Å². The van der Waals surface area contributed by atoms with Crippen molar-refractivity contribution < 1.29 is 4.74 Å². The van der Waals surface area contributed by atoms with E-state index in [9.17, 15) is 0 Å². The molecule has 5 atom stereocenters. The van der Waals surface area contributed by atoms with Crippen molar-refractivity contribution in [3.63, 3.8) is 0 Å². The summed E-state index contributed by atoms with van der Waals surface area (Å²) in [6.07, 6.45) is 12.6. The lowest BCUT2D eigenvalue weighted by atomic mass is 9.50. The average Bonchev–Trinajstić information content (AvgIpc) is 2.91. The van der Waals surface area contributed by atoms with E-state index < -0.39 is 0 Å². The minimum Gasteiger partial charge on any atom is -0.497 e. The molecule has 0 aromatic heterocycles. The summed E-state index contributed by atoms with van der Waals surface area (Å²) < 4.78 is 5.47. The molecule has 0 unspecified atom stereocenters. The Labute approximate surface area is 154 Å². The summed E-state index contributed by atoms with van der Waals surface area (Å²) in [4.78, 5) is 0. The molecule has 0 saturated heterocycles. The second-order valence-electron chi connectivity index (χ2n) is 9.64. The molecule has 0 bridgehead atoms. The highest BCUT2D eigenvalue weighted by Crippen LogP contribution is 2.68. The first-order valence-electron chi connectivity index (χ1n) is 10.7. The van der Waals surface area contributed by atoms with Crippen molar-refractivity contribution in [3.05, 3.63) is 29.3 Å². The van der Waals surface area contributed by atoms with Crippen LogP contribution in [0.2, 0.25) is 0 Å². The number of hydrogen-bond donors (Lipinski definition) is 0. The van der Waals surface area contributed by atoms with Crippen LogP contribution in [0.1, 0.15) is 89.2 Å². The Kier molecular flexibility index (Phi) is 4.41. The molecule has 0 radical (unpaired) electrons. The molecule has 0 N–H and O–H groups in total. The number of unbranched alkanes of at least 4 members (excludes halogenated alkanes) is 1. The van der Waals surface area contributed by atoms with Gasteiger partial charge in [0.15, 0.2) is 0 Å².